The van der Waals surface area contributed by atoms with Gasteiger partial charge in [-0.3, -0.25) is 0 Å². The quantitative estimate of drug-likeness (QED) is 0.403. The van der Waals surface area contributed by atoms with Gasteiger partial charge in [0.2, 0.25) is 15.9 Å². The number of sulfonamides is 1. The molecule has 2 aromatic carbocycles. The molecule has 10 heteroatoms. The second-order valence-electron chi connectivity index (χ2n) is 8.15. The van der Waals surface area contributed by atoms with E-state index in [1.165, 1.54) is 12.1 Å². The van der Waals surface area contributed by atoms with Crippen molar-refractivity contribution < 1.29 is 17.9 Å². The molecule has 3 aromatic rings. The Kier molecular flexibility index (Phi) is 8.19. The summed E-state index contributed by atoms with van der Waals surface area (Å²) in [5, 5.41) is 0.388. The van der Waals surface area contributed by atoms with Crippen LogP contribution in [0.25, 0.3) is 0 Å². The molecule has 0 spiro atoms. The summed E-state index contributed by atoms with van der Waals surface area (Å²) < 4.78 is 40.4. The summed E-state index contributed by atoms with van der Waals surface area (Å²) in [7, 11) is -3.92. The van der Waals surface area contributed by atoms with Crippen LogP contribution in [0.5, 0.6) is 11.6 Å². The molecule has 1 N–H and O–H groups in total. The van der Waals surface area contributed by atoms with Crippen molar-refractivity contribution in [2.75, 3.05) is 31.2 Å². The zero-order valence-corrected chi connectivity index (χ0v) is 21.8. The molecule has 0 radical (unpaired) electrons. The van der Waals surface area contributed by atoms with Crippen LogP contribution in [-0.4, -0.2) is 39.7 Å². The van der Waals surface area contributed by atoms with Gasteiger partial charge in [-0.25, -0.2) is 18.1 Å². The van der Waals surface area contributed by atoms with Crippen molar-refractivity contribution in [1.82, 2.24) is 9.71 Å². The van der Waals surface area contributed by atoms with Gasteiger partial charge in [-0.15, -0.1) is 0 Å². The third-order valence-electron chi connectivity index (χ3n) is 5.80. The van der Waals surface area contributed by atoms with Gasteiger partial charge < -0.3 is 14.4 Å². The predicted molar refractivity (Wildman–Crippen MR) is 138 cm³/mol. The minimum absolute atomic E-state index is 0.0676. The minimum atomic E-state index is -3.92. The number of halogens is 2. The van der Waals surface area contributed by atoms with Crippen LogP contribution in [0.15, 0.2) is 59.6 Å². The third kappa shape index (κ3) is 6.08. The van der Waals surface area contributed by atoms with Crippen molar-refractivity contribution >= 4 is 38.9 Å². The molecule has 1 aliphatic heterocycles. The number of rotatable bonds is 8. The summed E-state index contributed by atoms with van der Waals surface area (Å²) in [6.07, 6.45) is 2.22. The zero-order chi connectivity index (χ0) is 25.0. The summed E-state index contributed by atoms with van der Waals surface area (Å²) in [6, 6.07) is 13.4. The van der Waals surface area contributed by atoms with Crippen LogP contribution >= 0.6 is 23.2 Å². The Balaban J connectivity index is 1.58. The predicted octanol–water partition coefficient (Wildman–Crippen LogP) is 5.62. The SMILES string of the molecule is CCc1c(C(C)NS(=O)(=O)c2cc(Cl)ccc2Cl)ccnc1Oc1cccc(N2CCOCC2)c1. The van der Waals surface area contributed by atoms with E-state index in [4.69, 9.17) is 32.7 Å². The van der Waals surface area contributed by atoms with Crippen LogP contribution in [0.2, 0.25) is 10.0 Å². The van der Waals surface area contributed by atoms with Crippen molar-refractivity contribution in [2.45, 2.75) is 31.2 Å². The maximum atomic E-state index is 13.0. The fourth-order valence-electron chi connectivity index (χ4n) is 4.06. The summed E-state index contributed by atoms with van der Waals surface area (Å²) in [6.45, 7) is 6.79. The van der Waals surface area contributed by atoms with E-state index in [1.54, 1.807) is 25.3 Å². The Labute approximate surface area is 216 Å². The number of hydrogen-bond acceptors (Lipinski definition) is 6. The first-order valence-corrected chi connectivity index (χ1v) is 13.6. The lowest BCUT2D eigenvalue weighted by Crippen LogP contribution is -2.36. The van der Waals surface area contributed by atoms with Gasteiger partial charge in [-0.1, -0.05) is 36.2 Å². The smallest absolute Gasteiger partial charge is 0.242 e. The van der Waals surface area contributed by atoms with Crippen LogP contribution < -0.4 is 14.4 Å². The number of aromatic nitrogens is 1. The Hall–Kier alpha value is -2.36. The van der Waals surface area contributed by atoms with Gasteiger partial charge in [-0.05, 0) is 55.3 Å². The van der Waals surface area contributed by atoms with Crippen LogP contribution in [0.4, 0.5) is 5.69 Å². The van der Waals surface area contributed by atoms with Gasteiger partial charge in [0.05, 0.1) is 18.2 Å². The van der Waals surface area contributed by atoms with E-state index in [2.05, 4.69) is 14.6 Å². The minimum Gasteiger partial charge on any atom is -0.439 e. The van der Waals surface area contributed by atoms with Crippen LogP contribution in [0.1, 0.15) is 31.0 Å². The van der Waals surface area contributed by atoms with E-state index >= 15 is 0 Å². The lowest BCUT2D eigenvalue weighted by Gasteiger charge is -2.29. The maximum absolute atomic E-state index is 13.0. The number of hydrogen-bond donors (Lipinski definition) is 1. The van der Waals surface area contributed by atoms with Gasteiger partial charge in [0.25, 0.3) is 0 Å². The van der Waals surface area contributed by atoms with Crippen molar-refractivity contribution in [3.05, 3.63) is 75.9 Å². The van der Waals surface area contributed by atoms with Crippen LogP contribution in [-0.2, 0) is 21.2 Å². The van der Waals surface area contributed by atoms with E-state index in [9.17, 15) is 8.42 Å². The summed E-state index contributed by atoms with van der Waals surface area (Å²) in [5.74, 6) is 1.10. The lowest BCUT2D eigenvalue weighted by atomic mass is 10.0. The fraction of sp³-hybridized carbons (Fsp3) is 0.320. The Morgan fingerprint density at radius 1 is 1.14 bits per heavy atom. The van der Waals surface area contributed by atoms with Crippen LogP contribution in [0.3, 0.4) is 0 Å². The Morgan fingerprint density at radius 3 is 2.66 bits per heavy atom. The van der Waals surface area contributed by atoms with Crippen LogP contribution in [0, 0.1) is 0 Å². The molecule has 0 aliphatic carbocycles. The highest BCUT2D eigenvalue weighted by Crippen LogP contribution is 2.32. The largest absolute Gasteiger partial charge is 0.439 e. The van der Waals surface area contributed by atoms with Crippen molar-refractivity contribution in [1.29, 1.82) is 0 Å². The topological polar surface area (TPSA) is 80.8 Å². The number of pyridine rings is 1. The first kappa shape index (κ1) is 25.7. The molecular weight excluding hydrogens is 509 g/mol. The Bertz CT molecular complexity index is 1300. The monoisotopic (exact) mass is 535 g/mol. The average molecular weight is 536 g/mol. The van der Waals surface area contributed by atoms with Gasteiger partial charge in [0, 0.05) is 47.7 Å². The summed E-state index contributed by atoms with van der Waals surface area (Å²) >= 11 is 12.1. The molecule has 4 rings (SSSR count). The first-order chi connectivity index (χ1) is 16.8. The van der Waals surface area contributed by atoms with E-state index in [1.807, 2.05) is 31.2 Å². The number of ether oxygens (including phenoxy) is 2. The molecule has 1 atom stereocenters. The molecule has 7 nitrogen and oxygen atoms in total. The zero-order valence-electron chi connectivity index (χ0n) is 19.5. The molecule has 1 unspecified atom stereocenters. The second-order valence-corrected chi connectivity index (χ2v) is 10.7. The van der Waals surface area contributed by atoms with E-state index < -0.39 is 16.1 Å². The number of benzene rings is 2. The lowest BCUT2D eigenvalue weighted by molar-refractivity contribution is 0.122. The molecular formula is C25H27Cl2N3O4S. The second kappa shape index (κ2) is 11.1. The highest BCUT2D eigenvalue weighted by Gasteiger charge is 2.24. The average Bonchev–Trinajstić information content (AvgIpc) is 2.85. The van der Waals surface area contributed by atoms with Gasteiger partial charge in [0.1, 0.15) is 10.6 Å². The van der Waals surface area contributed by atoms with Crippen molar-refractivity contribution in [3.8, 4) is 11.6 Å². The molecule has 0 amide bonds. The Morgan fingerprint density at radius 2 is 1.91 bits per heavy atom. The summed E-state index contributed by atoms with van der Waals surface area (Å²) in [5.41, 5.74) is 2.64. The van der Waals surface area contributed by atoms with Gasteiger partial charge in [0.15, 0.2) is 0 Å². The molecule has 35 heavy (non-hydrogen) atoms. The summed E-state index contributed by atoms with van der Waals surface area (Å²) in [4.78, 5) is 6.62. The molecule has 1 aromatic heterocycles. The molecule has 1 fully saturated rings. The normalized spacial score (nSPS) is 15.1. The molecule has 0 saturated carbocycles. The van der Waals surface area contributed by atoms with Gasteiger partial charge >= 0.3 is 0 Å². The number of nitrogens with one attached hydrogen (secondary N) is 1. The number of nitrogens with zero attached hydrogens (tertiary/aromatic N) is 2. The van der Waals surface area contributed by atoms with Crippen molar-refractivity contribution in [2.24, 2.45) is 0 Å². The van der Waals surface area contributed by atoms with Crippen molar-refractivity contribution in [3.63, 3.8) is 0 Å². The maximum Gasteiger partial charge on any atom is 0.242 e. The van der Waals surface area contributed by atoms with E-state index in [0.29, 0.717) is 31.3 Å². The molecule has 186 valence electrons. The number of anilines is 1. The molecule has 1 saturated heterocycles. The number of morpholine rings is 1. The van der Waals surface area contributed by atoms with Gasteiger partial charge in [-0.2, -0.15) is 0 Å². The highest BCUT2D eigenvalue weighted by atomic mass is 35.5. The van der Waals surface area contributed by atoms with E-state index in [0.717, 1.165) is 29.9 Å². The standard InChI is InChI=1S/C25H27Cl2N3O4S/c1-3-21-22(17(2)29-35(31,32)24-15-18(26)7-8-23(24)27)9-10-28-25(21)34-20-6-4-5-19(16-20)30-11-13-33-14-12-30/h4-10,15-17,29H,3,11-14H2,1-2H3. The first-order valence-electron chi connectivity index (χ1n) is 11.3. The third-order valence-corrected chi connectivity index (χ3v) is 8.05. The molecule has 1 aliphatic rings. The molecule has 0 bridgehead atoms. The highest BCUT2D eigenvalue weighted by molar-refractivity contribution is 7.89. The fourth-order valence-corrected chi connectivity index (χ4v) is 6.04. The van der Waals surface area contributed by atoms with E-state index in [-0.39, 0.29) is 14.9 Å². The molecule has 2 heterocycles.